The van der Waals surface area contributed by atoms with Gasteiger partial charge in [0.2, 0.25) is 0 Å². The molecule has 4 atom stereocenters. The number of halogens is 2. The van der Waals surface area contributed by atoms with Gasteiger partial charge in [0.15, 0.2) is 0 Å². The zero-order chi connectivity index (χ0) is 25.2. The van der Waals surface area contributed by atoms with Crippen LogP contribution in [-0.4, -0.2) is 77.9 Å². The van der Waals surface area contributed by atoms with Crippen molar-refractivity contribution in [2.24, 2.45) is 0 Å². The van der Waals surface area contributed by atoms with E-state index in [4.69, 9.17) is 16.3 Å². The largest absolute Gasteiger partial charge is 0.387 e. The van der Waals surface area contributed by atoms with E-state index < -0.39 is 17.8 Å². The number of hydrogen-bond acceptors (Lipinski definition) is 8. The molecule has 36 heavy (non-hydrogen) atoms. The summed E-state index contributed by atoms with van der Waals surface area (Å²) in [6.45, 7) is 6.32. The maximum absolute atomic E-state index is 14.3. The predicted molar refractivity (Wildman–Crippen MR) is 135 cm³/mol. The van der Waals surface area contributed by atoms with Gasteiger partial charge in [0.25, 0.3) is 0 Å². The summed E-state index contributed by atoms with van der Waals surface area (Å²) in [4.78, 5) is 25.9. The molecule has 0 radical (unpaired) electrons. The van der Waals surface area contributed by atoms with Gasteiger partial charge < -0.3 is 19.5 Å². The van der Waals surface area contributed by atoms with E-state index in [-0.39, 0.29) is 23.1 Å². The topological polar surface area (TPSA) is 90.8 Å². The molecule has 0 bridgehead atoms. The van der Waals surface area contributed by atoms with E-state index in [0.29, 0.717) is 38.3 Å². The minimum absolute atomic E-state index is 0.0441. The van der Waals surface area contributed by atoms with Gasteiger partial charge in [-0.1, -0.05) is 24.6 Å². The van der Waals surface area contributed by atoms with Crippen molar-refractivity contribution in [2.45, 2.75) is 56.3 Å². The molecule has 0 spiro atoms. The van der Waals surface area contributed by atoms with Crippen LogP contribution in [-0.2, 0) is 9.53 Å². The third kappa shape index (κ3) is 5.13. The lowest BCUT2D eigenvalue weighted by atomic mass is 9.94. The minimum Gasteiger partial charge on any atom is -0.387 e. The summed E-state index contributed by atoms with van der Waals surface area (Å²) in [6, 6.07) is 4.83. The van der Waals surface area contributed by atoms with Crippen LogP contribution in [0.3, 0.4) is 0 Å². The Bertz CT molecular complexity index is 1080. The number of nitrogens with zero attached hydrogens (tertiary/aromatic N) is 4. The summed E-state index contributed by atoms with van der Waals surface area (Å²) in [5.41, 5.74) is 2.38. The van der Waals surface area contributed by atoms with E-state index in [1.165, 1.54) is 18.5 Å². The van der Waals surface area contributed by atoms with Crippen LogP contribution in [0.25, 0.3) is 0 Å². The SMILES string of the molecule is C[C@@H]1C[C@H](O)c2ncnc(N3CCN(C(NC4CCOCC4)C(C=O)c4ccc(Cl)c(F)c4)CC3)c21. The lowest BCUT2D eigenvalue weighted by Gasteiger charge is -2.44. The Morgan fingerprint density at radius 1 is 1.22 bits per heavy atom. The van der Waals surface area contributed by atoms with Crippen LogP contribution in [0.5, 0.6) is 0 Å². The number of nitrogens with one attached hydrogen (secondary N) is 1. The second kappa shape index (κ2) is 11.1. The van der Waals surface area contributed by atoms with Gasteiger partial charge in [-0.2, -0.15) is 0 Å². The molecule has 2 aromatic rings. The van der Waals surface area contributed by atoms with Crippen molar-refractivity contribution in [1.29, 1.82) is 0 Å². The fourth-order valence-electron chi connectivity index (χ4n) is 5.76. The zero-order valence-electron chi connectivity index (χ0n) is 20.4. The fourth-order valence-corrected chi connectivity index (χ4v) is 5.88. The number of aromatic nitrogens is 2. The molecule has 2 N–H and O–H groups in total. The van der Waals surface area contributed by atoms with Gasteiger partial charge >= 0.3 is 0 Å². The minimum atomic E-state index is -0.551. The standard InChI is InChI=1S/C26H33ClFN5O3/c1-16-12-22(35)24-23(16)26(30-15-29-24)33-8-6-32(7-9-33)25(31-18-4-10-36-11-5-18)19(14-34)17-2-3-20(27)21(28)13-17/h2-3,13-16,18-19,22,25,31,35H,4-12H2,1H3/t16-,19?,22+,25?/m1/s1. The molecular weight excluding hydrogens is 485 g/mol. The molecule has 194 valence electrons. The van der Waals surface area contributed by atoms with Crippen molar-refractivity contribution in [2.75, 3.05) is 44.3 Å². The van der Waals surface area contributed by atoms with Crippen LogP contribution in [0.2, 0.25) is 5.02 Å². The number of carbonyl (C=O) groups excluding carboxylic acids is 1. The average molecular weight is 518 g/mol. The molecule has 2 saturated heterocycles. The lowest BCUT2D eigenvalue weighted by molar-refractivity contribution is -0.111. The number of aliphatic hydroxyl groups is 1. The highest BCUT2D eigenvalue weighted by atomic mass is 35.5. The summed E-state index contributed by atoms with van der Waals surface area (Å²) >= 11 is 5.91. The summed E-state index contributed by atoms with van der Waals surface area (Å²) in [5, 5.41) is 14.1. The highest BCUT2D eigenvalue weighted by Gasteiger charge is 2.36. The molecule has 2 unspecified atom stereocenters. The lowest BCUT2D eigenvalue weighted by Crippen LogP contribution is -2.59. The summed E-state index contributed by atoms with van der Waals surface area (Å²) in [5.74, 6) is 0.0185. The number of fused-ring (bicyclic) bond motifs is 1. The van der Waals surface area contributed by atoms with Gasteiger partial charge in [-0.05, 0) is 42.9 Å². The van der Waals surface area contributed by atoms with Crippen LogP contribution in [0, 0.1) is 5.82 Å². The van der Waals surface area contributed by atoms with Crippen LogP contribution in [0.1, 0.15) is 60.9 Å². The van der Waals surface area contributed by atoms with Crippen molar-refractivity contribution in [3.8, 4) is 0 Å². The number of carbonyl (C=O) groups is 1. The normalized spacial score (nSPS) is 24.9. The second-order valence-corrected chi connectivity index (χ2v) is 10.4. The van der Waals surface area contributed by atoms with Crippen molar-refractivity contribution < 1.29 is 19.0 Å². The summed E-state index contributed by atoms with van der Waals surface area (Å²) in [6.07, 6.45) is 4.01. The highest BCUT2D eigenvalue weighted by molar-refractivity contribution is 6.30. The molecule has 2 fully saturated rings. The molecule has 8 nitrogen and oxygen atoms in total. The number of ether oxygens (including phenoxy) is 1. The van der Waals surface area contributed by atoms with E-state index in [9.17, 15) is 14.3 Å². The first-order valence-corrected chi connectivity index (χ1v) is 13.1. The van der Waals surface area contributed by atoms with Gasteiger partial charge in [-0.3, -0.25) is 10.2 Å². The molecule has 5 rings (SSSR count). The molecule has 1 aliphatic carbocycles. The summed E-state index contributed by atoms with van der Waals surface area (Å²) in [7, 11) is 0. The van der Waals surface area contributed by atoms with Crippen molar-refractivity contribution in [1.82, 2.24) is 20.2 Å². The van der Waals surface area contributed by atoms with E-state index in [2.05, 4.69) is 32.0 Å². The first-order chi connectivity index (χ1) is 17.5. The molecule has 2 aliphatic heterocycles. The Kier molecular flexibility index (Phi) is 7.83. The monoisotopic (exact) mass is 517 g/mol. The average Bonchev–Trinajstić information content (AvgIpc) is 3.20. The molecule has 1 aromatic carbocycles. The Hall–Kier alpha value is -2.17. The molecular formula is C26H33ClFN5O3. The van der Waals surface area contributed by atoms with Crippen LogP contribution >= 0.6 is 11.6 Å². The first kappa shape index (κ1) is 25.5. The molecule has 3 aliphatic rings. The smallest absolute Gasteiger partial charge is 0.142 e. The maximum Gasteiger partial charge on any atom is 0.142 e. The van der Waals surface area contributed by atoms with Gasteiger partial charge in [0, 0.05) is 51.0 Å². The number of hydrogen-bond donors (Lipinski definition) is 2. The Morgan fingerprint density at radius 2 is 1.97 bits per heavy atom. The number of aldehydes is 1. The third-order valence-corrected chi connectivity index (χ3v) is 8.04. The van der Waals surface area contributed by atoms with Crippen molar-refractivity contribution >= 4 is 23.7 Å². The zero-order valence-corrected chi connectivity index (χ0v) is 21.2. The van der Waals surface area contributed by atoms with Crippen LogP contribution in [0.15, 0.2) is 24.5 Å². The van der Waals surface area contributed by atoms with Crippen molar-refractivity contribution in [3.63, 3.8) is 0 Å². The van der Waals surface area contributed by atoms with Gasteiger partial charge in [0.05, 0.1) is 28.9 Å². The number of anilines is 1. The van der Waals surface area contributed by atoms with Gasteiger partial charge in [-0.15, -0.1) is 0 Å². The highest BCUT2D eigenvalue weighted by Crippen LogP contribution is 2.43. The molecule has 1 aromatic heterocycles. The molecule has 10 heteroatoms. The third-order valence-electron chi connectivity index (χ3n) is 7.73. The van der Waals surface area contributed by atoms with Crippen LogP contribution in [0.4, 0.5) is 10.2 Å². The number of piperazine rings is 1. The summed E-state index contributed by atoms with van der Waals surface area (Å²) < 4.78 is 19.8. The molecule has 0 saturated carbocycles. The number of aliphatic hydroxyl groups excluding tert-OH is 1. The Labute approximate surface area is 215 Å². The fraction of sp³-hybridized carbons (Fsp3) is 0.577. The number of benzene rings is 1. The second-order valence-electron chi connectivity index (χ2n) is 10.0. The van der Waals surface area contributed by atoms with Gasteiger partial charge in [0.1, 0.15) is 24.2 Å². The van der Waals surface area contributed by atoms with Gasteiger partial charge in [-0.25, -0.2) is 14.4 Å². The van der Waals surface area contributed by atoms with E-state index in [1.54, 1.807) is 6.07 Å². The van der Waals surface area contributed by atoms with E-state index in [1.807, 2.05) is 0 Å². The van der Waals surface area contributed by atoms with Crippen LogP contribution < -0.4 is 10.2 Å². The van der Waals surface area contributed by atoms with E-state index in [0.717, 1.165) is 49.3 Å². The molecule has 0 amide bonds. The van der Waals surface area contributed by atoms with Crippen molar-refractivity contribution in [3.05, 3.63) is 52.2 Å². The number of rotatable bonds is 7. The predicted octanol–water partition coefficient (Wildman–Crippen LogP) is 3.01. The van der Waals surface area contributed by atoms with E-state index >= 15 is 0 Å². The first-order valence-electron chi connectivity index (χ1n) is 12.7. The Balaban J connectivity index is 1.36. The Morgan fingerprint density at radius 3 is 2.67 bits per heavy atom. The molecule has 3 heterocycles. The maximum atomic E-state index is 14.3. The quantitative estimate of drug-likeness (QED) is 0.542.